The Morgan fingerprint density at radius 1 is 1.20 bits per heavy atom. The normalized spacial score (nSPS) is 30.4. The van der Waals surface area contributed by atoms with Crippen molar-refractivity contribution in [3.05, 3.63) is 35.0 Å². The summed E-state index contributed by atoms with van der Waals surface area (Å²) < 4.78 is 11.1. The van der Waals surface area contributed by atoms with Gasteiger partial charge in [-0.05, 0) is 63.0 Å². The zero-order valence-electron chi connectivity index (χ0n) is 14.0. The number of hydrogen-bond donors (Lipinski definition) is 1. The molecule has 0 radical (unpaired) electrons. The summed E-state index contributed by atoms with van der Waals surface area (Å²) in [6.45, 7) is 2.69. The molecule has 1 aliphatic carbocycles. The molecule has 0 unspecified atom stereocenters. The summed E-state index contributed by atoms with van der Waals surface area (Å²) in [4.78, 5) is 13.8. The fourth-order valence-corrected chi connectivity index (χ4v) is 4.78. The van der Waals surface area contributed by atoms with Gasteiger partial charge in [0.2, 0.25) is 0 Å². The van der Waals surface area contributed by atoms with Gasteiger partial charge in [-0.2, -0.15) is 0 Å². The van der Waals surface area contributed by atoms with Gasteiger partial charge in [0, 0.05) is 22.4 Å². The highest BCUT2D eigenvalue weighted by molar-refractivity contribution is 6.31. The number of halogens is 1. The number of carbonyl (C=O) groups is 1. The third-order valence-corrected chi connectivity index (χ3v) is 6.28. The number of nitrogens with one attached hydrogen (secondary N) is 1. The number of benzene rings is 1. The fraction of sp³-hybridized carbons (Fsp3) is 0.526. The summed E-state index contributed by atoms with van der Waals surface area (Å²) in [5, 5.41) is 4.81. The first kappa shape index (κ1) is 15.5. The quantitative estimate of drug-likeness (QED) is 0.882. The highest BCUT2D eigenvalue weighted by Crippen LogP contribution is 2.41. The van der Waals surface area contributed by atoms with Crippen molar-refractivity contribution in [2.24, 2.45) is 0 Å². The monoisotopic (exact) mass is 360 g/mol. The van der Waals surface area contributed by atoms with E-state index >= 15 is 0 Å². The molecule has 132 valence electrons. The highest BCUT2D eigenvalue weighted by Gasteiger charge is 2.52. The van der Waals surface area contributed by atoms with Crippen LogP contribution in [0.2, 0.25) is 5.02 Å². The van der Waals surface area contributed by atoms with E-state index in [1.165, 1.54) is 0 Å². The molecule has 1 amide bonds. The maximum absolute atomic E-state index is 11.3. The van der Waals surface area contributed by atoms with Crippen LogP contribution < -0.4 is 5.32 Å². The SMILES string of the molecule is O=C1NC2(CO1)CC(N1CCC(c3cc4cc(Cl)ccc4o3)CC1)C2. The van der Waals surface area contributed by atoms with Gasteiger partial charge in [0.25, 0.3) is 0 Å². The van der Waals surface area contributed by atoms with Gasteiger partial charge in [-0.1, -0.05) is 11.6 Å². The van der Waals surface area contributed by atoms with Crippen LogP contribution in [0, 0.1) is 0 Å². The molecule has 25 heavy (non-hydrogen) atoms. The predicted molar refractivity (Wildman–Crippen MR) is 95.0 cm³/mol. The molecule has 3 aliphatic rings. The van der Waals surface area contributed by atoms with Crippen LogP contribution in [-0.4, -0.2) is 42.3 Å². The van der Waals surface area contributed by atoms with E-state index in [9.17, 15) is 4.79 Å². The minimum Gasteiger partial charge on any atom is -0.461 e. The van der Waals surface area contributed by atoms with Crippen LogP contribution in [0.3, 0.4) is 0 Å². The van der Waals surface area contributed by atoms with Gasteiger partial charge in [-0.25, -0.2) is 4.79 Å². The van der Waals surface area contributed by atoms with Crippen LogP contribution in [0.15, 0.2) is 28.7 Å². The summed E-state index contributed by atoms with van der Waals surface area (Å²) in [5.41, 5.74) is 0.830. The summed E-state index contributed by atoms with van der Waals surface area (Å²) in [7, 11) is 0. The van der Waals surface area contributed by atoms with E-state index in [0.29, 0.717) is 18.6 Å². The molecule has 3 fully saturated rings. The molecule has 1 saturated carbocycles. The number of piperidine rings is 1. The van der Waals surface area contributed by atoms with Crippen molar-refractivity contribution in [2.75, 3.05) is 19.7 Å². The van der Waals surface area contributed by atoms with Crippen molar-refractivity contribution in [3.8, 4) is 0 Å². The molecule has 1 aromatic carbocycles. The van der Waals surface area contributed by atoms with E-state index in [4.69, 9.17) is 20.8 Å². The fourth-order valence-electron chi connectivity index (χ4n) is 4.60. The Morgan fingerprint density at radius 3 is 2.72 bits per heavy atom. The standard InChI is InChI=1S/C19H21ClN2O3/c20-14-1-2-16-13(7-14)8-17(25-16)12-3-5-22(6-4-12)15-9-19(10-15)11-24-18(23)21-19/h1-2,7-8,12,15H,3-6,9-11H2,(H,21,23). The molecule has 2 aliphatic heterocycles. The number of likely N-dealkylation sites (tertiary alicyclic amines) is 1. The largest absolute Gasteiger partial charge is 0.461 e. The number of furan rings is 1. The Kier molecular flexibility index (Phi) is 3.51. The van der Waals surface area contributed by atoms with Gasteiger partial charge in [0.1, 0.15) is 18.0 Å². The molecule has 1 N–H and O–H groups in total. The first-order valence-corrected chi connectivity index (χ1v) is 9.36. The summed E-state index contributed by atoms with van der Waals surface area (Å²) >= 11 is 6.07. The van der Waals surface area contributed by atoms with Crippen molar-refractivity contribution in [1.82, 2.24) is 10.2 Å². The lowest BCUT2D eigenvalue weighted by Gasteiger charge is -2.50. The van der Waals surface area contributed by atoms with Crippen LogP contribution in [0.5, 0.6) is 0 Å². The van der Waals surface area contributed by atoms with Crippen LogP contribution in [-0.2, 0) is 4.74 Å². The van der Waals surface area contributed by atoms with Gasteiger partial charge in [-0.15, -0.1) is 0 Å². The van der Waals surface area contributed by atoms with Crippen LogP contribution in [0.25, 0.3) is 11.0 Å². The molecule has 5 nitrogen and oxygen atoms in total. The summed E-state index contributed by atoms with van der Waals surface area (Å²) in [6.07, 6.45) is 3.97. The minimum atomic E-state index is -0.262. The highest BCUT2D eigenvalue weighted by atomic mass is 35.5. The maximum Gasteiger partial charge on any atom is 0.407 e. The lowest BCUT2D eigenvalue weighted by Crippen LogP contribution is -2.62. The number of carbonyl (C=O) groups excluding carboxylic acids is 1. The Morgan fingerprint density at radius 2 is 2.00 bits per heavy atom. The molecular weight excluding hydrogens is 340 g/mol. The van der Waals surface area contributed by atoms with Crippen LogP contribution in [0.4, 0.5) is 4.79 Å². The van der Waals surface area contributed by atoms with E-state index in [0.717, 1.165) is 60.5 Å². The molecule has 0 bridgehead atoms. The van der Waals surface area contributed by atoms with Crippen molar-refractivity contribution in [1.29, 1.82) is 0 Å². The third-order valence-electron chi connectivity index (χ3n) is 6.05. The first-order chi connectivity index (χ1) is 12.1. The van der Waals surface area contributed by atoms with Gasteiger partial charge in [0.15, 0.2) is 0 Å². The number of amides is 1. The second-order valence-corrected chi connectivity index (χ2v) is 8.12. The van der Waals surface area contributed by atoms with E-state index in [-0.39, 0.29) is 11.6 Å². The summed E-state index contributed by atoms with van der Waals surface area (Å²) in [5.74, 6) is 1.56. The van der Waals surface area contributed by atoms with E-state index in [1.807, 2.05) is 18.2 Å². The molecule has 0 atom stereocenters. The number of ether oxygens (including phenoxy) is 1. The van der Waals surface area contributed by atoms with E-state index in [1.54, 1.807) is 0 Å². The van der Waals surface area contributed by atoms with Crippen molar-refractivity contribution >= 4 is 28.7 Å². The molecule has 3 heterocycles. The number of cyclic esters (lactones) is 1. The first-order valence-electron chi connectivity index (χ1n) is 8.98. The second-order valence-electron chi connectivity index (χ2n) is 7.68. The lowest BCUT2D eigenvalue weighted by molar-refractivity contribution is 0.0232. The van der Waals surface area contributed by atoms with Crippen LogP contribution in [0.1, 0.15) is 37.4 Å². The zero-order valence-corrected chi connectivity index (χ0v) is 14.7. The Balaban J connectivity index is 1.21. The molecule has 6 heteroatoms. The number of alkyl carbamates (subject to hydrolysis) is 1. The number of nitrogens with zero attached hydrogens (tertiary/aromatic N) is 1. The number of hydrogen-bond acceptors (Lipinski definition) is 4. The topological polar surface area (TPSA) is 54.7 Å². The van der Waals surface area contributed by atoms with Gasteiger partial charge in [0.05, 0.1) is 5.54 Å². The van der Waals surface area contributed by atoms with Crippen LogP contribution >= 0.6 is 11.6 Å². The van der Waals surface area contributed by atoms with Gasteiger partial charge < -0.3 is 19.4 Å². The Hall–Kier alpha value is -1.72. The zero-order chi connectivity index (χ0) is 17.0. The average molecular weight is 361 g/mol. The lowest BCUT2D eigenvalue weighted by atomic mass is 9.72. The minimum absolute atomic E-state index is 0.0867. The molecule has 1 aromatic heterocycles. The average Bonchev–Trinajstić information content (AvgIpc) is 3.17. The number of rotatable bonds is 2. The molecule has 2 saturated heterocycles. The third kappa shape index (κ3) is 2.70. The smallest absolute Gasteiger partial charge is 0.407 e. The second kappa shape index (κ2) is 5.64. The van der Waals surface area contributed by atoms with E-state index < -0.39 is 0 Å². The van der Waals surface area contributed by atoms with Gasteiger partial charge in [-0.3, -0.25) is 0 Å². The molecule has 5 rings (SSSR count). The summed E-state index contributed by atoms with van der Waals surface area (Å²) in [6, 6.07) is 8.49. The molecular formula is C19H21ClN2O3. The number of fused-ring (bicyclic) bond motifs is 1. The van der Waals surface area contributed by atoms with Gasteiger partial charge >= 0.3 is 6.09 Å². The van der Waals surface area contributed by atoms with E-state index in [2.05, 4.69) is 16.3 Å². The Labute approximate surface area is 151 Å². The Bertz CT molecular complexity index is 819. The van der Waals surface area contributed by atoms with Crippen molar-refractivity contribution in [3.63, 3.8) is 0 Å². The van der Waals surface area contributed by atoms with Crippen molar-refractivity contribution < 1.29 is 13.9 Å². The molecule has 2 aromatic rings. The molecule has 1 spiro atoms. The maximum atomic E-state index is 11.3. The van der Waals surface area contributed by atoms with Crippen molar-refractivity contribution in [2.45, 2.75) is 43.2 Å². The predicted octanol–water partition coefficient (Wildman–Crippen LogP) is 3.91.